The minimum absolute atomic E-state index is 0.132. The van der Waals surface area contributed by atoms with E-state index in [1.165, 1.54) is 0 Å². The van der Waals surface area contributed by atoms with Crippen molar-refractivity contribution in [1.29, 1.82) is 0 Å². The standard InChI is InChI=1S/C12H16N2O4/c1-16-9-5-11(18-3)10(17-2)4-7(9)8-6-13-12(15)14-8/h4-5,8H,6H2,1-3H3,(H2,13,14,15)/t8-/m0/s1. The van der Waals surface area contributed by atoms with Crippen molar-refractivity contribution in [3.63, 3.8) is 0 Å². The largest absolute Gasteiger partial charge is 0.496 e. The molecule has 1 aromatic rings. The molecule has 0 aromatic heterocycles. The average Bonchev–Trinajstić information content (AvgIpc) is 2.83. The summed E-state index contributed by atoms with van der Waals surface area (Å²) in [6.07, 6.45) is 0. The second-order valence-corrected chi connectivity index (χ2v) is 3.86. The number of benzene rings is 1. The monoisotopic (exact) mass is 252 g/mol. The Morgan fingerprint density at radius 1 is 1.06 bits per heavy atom. The lowest BCUT2D eigenvalue weighted by molar-refractivity contribution is 0.247. The first-order chi connectivity index (χ1) is 8.69. The summed E-state index contributed by atoms with van der Waals surface area (Å²) in [6.45, 7) is 0.519. The number of hydrogen-bond acceptors (Lipinski definition) is 4. The van der Waals surface area contributed by atoms with Gasteiger partial charge in [-0.3, -0.25) is 0 Å². The van der Waals surface area contributed by atoms with Crippen LogP contribution in [0, 0.1) is 0 Å². The summed E-state index contributed by atoms with van der Waals surface area (Å²) in [5.74, 6) is 1.85. The molecule has 2 rings (SSSR count). The van der Waals surface area contributed by atoms with Crippen molar-refractivity contribution in [2.24, 2.45) is 0 Å². The van der Waals surface area contributed by atoms with Gasteiger partial charge in [0.1, 0.15) is 5.75 Å². The van der Waals surface area contributed by atoms with E-state index in [1.807, 2.05) is 6.07 Å². The van der Waals surface area contributed by atoms with Gasteiger partial charge in [-0.25, -0.2) is 4.79 Å². The predicted molar refractivity (Wildman–Crippen MR) is 65.4 cm³/mol. The third-order valence-electron chi connectivity index (χ3n) is 2.88. The fraction of sp³-hybridized carbons (Fsp3) is 0.417. The SMILES string of the molecule is COc1cc(OC)c([C@@H]2CNC(=O)N2)cc1OC. The van der Waals surface area contributed by atoms with Crippen LogP contribution in [0.15, 0.2) is 12.1 Å². The van der Waals surface area contributed by atoms with Crippen molar-refractivity contribution in [2.45, 2.75) is 6.04 Å². The number of carbonyl (C=O) groups excluding carboxylic acids is 1. The van der Waals surface area contributed by atoms with E-state index < -0.39 is 0 Å². The topological polar surface area (TPSA) is 68.8 Å². The van der Waals surface area contributed by atoms with E-state index in [-0.39, 0.29) is 12.1 Å². The lowest BCUT2D eigenvalue weighted by Crippen LogP contribution is -2.22. The Bertz CT molecular complexity index is 462. The van der Waals surface area contributed by atoms with Crippen molar-refractivity contribution in [2.75, 3.05) is 27.9 Å². The number of amides is 2. The Balaban J connectivity index is 2.41. The number of rotatable bonds is 4. The van der Waals surface area contributed by atoms with Crippen LogP contribution in [0.25, 0.3) is 0 Å². The molecule has 6 heteroatoms. The van der Waals surface area contributed by atoms with E-state index >= 15 is 0 Å². The molecular formula is C12H16N2O4. The van der Waals surface area contributed by atoms with Crippen LogP contribution >= 0.6 is 0 Å². The molecule has 1 aromatic carbocycles. The Morgan fingerprint density at radius 3 is 2.17 bits per heavy atom. The smallest absolute Gasteiger partial charge is 0.315 e. The van der Waals surface area contributed by atoms with Gasteiger partial charge in [-0.1, -0.05) is 0 Å². The number of nitrogens with one attached hydrogen (secondary N) is 2. The summed E-state index contributed by atoms with van der Waals surface area (Å²) in [6, 6.07) is 3.25. The molecular weight excluding hydrogens is 236 g/mol. The Labute approximate surface area is 105 Å². The summed E-state index contributed by atoms with van der Waals surface area (Å²) < 4.78 is 15.8. The molecule has 0 bridgehead atoms. The van der Waals surface area contributed by atoms with Crippen LogP contribution in [0.2, 0.25) is 0 Å². The molecule has 0 spiro atoms. The quantitative estimate of drug-likeness (QED) is 0.841. The zero-order valence-corrected chi connectivity index (χ0v) is 10.6. The van der Waals surface area contributed by atoms with Gasteiger partial charge >= 0.3 is 6.03 Å². The maximum absolute atomic E-state index is 11.2. The Morgan fingerprint density at radius 2 is 1.67 bits per heavy atom. The van der Waals surface area contributed by atoms with Crippen molar-refractivity contribution < 1.29 is 19.0 Å². The molecule has 0 radical (unpaired) electrons. The molecule has 1 fully saturated rings. The van der Waals surface area contributed by atoms with Crippen LogP contribution in [0.4, 0.5) is 4.79 Å². The highest BCUT2D eigenvalue weighted by Crippen LogP contribution is 2.37. The highest BCUT2D eigenvalue weighted by Gasteiger charge is 2.26. The van der Waals surface area contributed by atoms with Crippen LogP contribution in [0.1, 0.15) is 11.6 Å². The zero-order valence-electron chi connectivity index (χ0n) is 10.6. The first-order valence-corrected chi connectivity index (χ1v) is 5.54. The number of urea groups is 1. The van der Waals surface area contributed by atoms with Crippen molar-refractivity contribution in [3.05, 3.63) is 17.7 Å². The van der Waals surface area contributed by atoms with Crippen LogP contribution < -0.4 is 24.8 Å². The molecule has 1 aliphatic rings. The Kier molecular flexibility index (Phi) is 3.45. The van der Waals surface area contributed by atoms with Crippen molar-refractivity contribution in [1.82, 2.24) is 10.6 Å². The van der Waals surface area contributed by atoms with Gasteiger partial charge in [-0.15, -0.1) is 0 Å². The first-order valence-electron chi connectivity index (χ1n) is 5.54. The van der Waals surface area contributed by atoms with E-state index in [1.54, 1.807) is 27.4 Å². The number of carbonyl (C=O) groups is 1. The van der Waals surface area contributed by atoms with Gasteiger partial charge in [0.25, 0.3) is 0 Å². The molecule has 1 heterocycles. The van der Waals surface area contributed by atoms with Crippen LogP contribution in [-0.4, -0.2) is 33.9 Å². The lowest BCUT2D eigenvalue weighted by atomic mass is 10.1. The molecule has 1 atom stereocenters. The number of methoxy groups -OCH3 is 3. The first kappa shape index (κ1) is 12.3. The van der Waals surface area contributed by atoms with Gasteiger partial charge in [0.05, 0.1) is 27.4 Å². The second kappa shape index (κ2) is 5.03. The average molecular weight is 252 g/mol. The van der Waals surface area contributed by atoms with Gasteiger partial charge in [0.2, 0.25) is 0 Å². The van der Waals surface area contributed by atoms with Crippen LogP contribution in [-0.2, 0) is 0 Å². The third-order valence-corrected chi connectivity index (χ3v) is 2.88. The highest BCUT2D eigenvalue weighted by molar-refractivity contribution is 5.77. The molecule has 98 valence electrons. The van der Waals surface area contributed by atoms with Gasteiger partial charge in [0, 0.05) is 18.2 Å². The molecule has 2 N–H and O–H groups in total. The normalized spacial score (nSPS) is 17.9. The third kappa shape index (κ3) is 2.13. The van der Waals surface area contributed by atoms with Gasteiger partial charge < -0.3 is 24.8 Å². The molecule has 0 aliphatic carbocycles. The maximum Gasteiger partial charge on any atom is 0.315 e. The molecule has 6 nitrogen and oxygen atoms in total. The minimum Gasteiger partial charge on any atom is -0.496 e. The van der Waals surface area contributed by atoms with Gasteiger partial charge in [-0.05, 0) is 6.07 Å². The predicted octanol–water partition coefficient (Wildman–Crippen LogP) is 1.07. The minimum atomic E-state index is -0.183. The van der Waals surface area contributed by atoms with Crippen molar-refractivity contribution >= 4 is 6.03 Å². The van der Waals surface area contributed by atoms with E-state index in [4.69, 9.17) is 14.2 Å². The summed E-state index contributed by atoms with van der Waals surface area (Å²) in [5, 5.41) is 5.52. The fourth-order valence-corrected chi connectivity index (χ4v) is 1.97. The molecule has 18 heavy (non-hydrogen) atoms. The van der Waals surface area contributed by atoms with Crippen LogP contribution in [0.5, 0.6) is 17.2 Å². The van der Waals surface area contributed by atoms with E-state index in [9.17, 15) is 4.79 Å². The number of ether oxygens (including phenoxy) is 3. The zero-order chi connectivity index (χ0) is 13.1. The summed E-state index contributed by atoms with van der Waals surface area (Å²) in [4.78, 5) is 11.2. The summed E-state index contributed by atoms with van der Waals surface area (Å²) >= 11 is 0. The highest BCUT2D eigenvalue weighted by atomic mass is 16.5. The number of hydrogen-bond donors (Lipinski definition) is 2. The van der Waals surface area contributed by atoms with E-state index in [0.29, 0.717) is 23.8 Å². The maximum atomic E-state index is 11.2. The van der Waals surface area contributed by atoms with Gasteiger partial charge in [-0.2, -0.15) is 0 Å². The Hall–Kier alpha value is -2.11. The molecule has 1 saturated heterocycles. The second-order valence-electron chi connectivity index (χ2n) is 3.86. The van der Waals surface area contributed by atoms with Crippen LogP contribution in [0.3, 0.4) is 0 Å². The van der Waals surface area contributed by atoms with Crippen molar-refractivity contribution in [3.8, 4) is 17.2 Å². The lowest BCUT2D eigenvalue weighted by Gasteiger charge is -2.17. The van der Waals surface area contributed by atoms with E-state index in [2.05, 4.69) is 10.6 Å². The summed E-state index contributed by atoms with van der Waals surface area (Å²) in [5.41, 5.74) is 0.855. The molecule has 0 unspecified atom stereocenters. The molecule has 1 aliphatic heterocycles. The summed E-state index contributed by atoms with van der Waals surface area (Å²) in [7, 11) is 4.71. The fourth-order valence-electron chi connectivity index (χ4n) is 1.97. The molecule has 0 saturated carbocycles. The van der Waals surface area contributed by atoms with Gasteiger partial charge in [0.15, 0.2) is 11.5 Å². The molecule has 2 amide bonds. The van der Waals surface area contributed by atoms with E-state index in [0.717, 1.165) is 5.56 Å².